The first kappa shape index (κ1) is 16.2. The fourth-order valence-corrected chi connectivity index (χ4v) is 2.97. The van der Waals surface area contributed by atoms with Crippen molar-refractivity contribution in [3.05, 3.63) is 54.1 Å². The van der Waals surface area contributed by atoms with Crippen LogP contribution >= 0.6 is 0 Å². The van der Waals surface area contributed by atoms with Crippen LogP contribution in [0.1, 0.15) is 35.7 Å². The molecule has 24 heavy (non-hydrogen) atoms. The molecule has 1 saturated heterocycles. The summed E-state index contributed by atoms with van der Waals surface area (Å²) in [6.07, 6.45) is 6.88. The van der Waals surface area contributed by atoms with Gasteiger partial charge in [0.25, 0.3) is 5.91 Å². The number of benzene rings is 1. The molecule has 1 atom stereocenters. The van der Waals surface area contributed by atoms with E-state index in [9.17, 15) is 9.59 Å². The highest BCUT2D eigenvalue weighted by molar-refractivity contribution is 5.94. The van der Waals surface area contributed by atoms with Gasteiger partial charge in [0.15, 0.2) is 0 Å². The maximum atomic E-state index is 12.4. The molecule has 0 spiro atoms. The van der Waals surface area contributed by atoms with Gasteiger partial charge in [0, 0.05) is 50.1 Å². The van der Waals surface area contributed by atoms with Crippen LogP contribution in [0, 0.1) is 0 Å². The molecule has 1 aliphatic heterocycles. The number of amides is 2. The number of nitrogens with one attached hydrogen (secondary N) is 1. The molecule has 1 aliphatic rings. The minimum absolute atomic E-state index is 0.00415. The topological polar surface area (TPSA) is 67.2 Å². The maximum Gasteiger partial charge on any atom is 0.251 e. The summed E-state index contributed by atoms with van der Waals surface area (Å²) >= 11 is 0. The SMILES string of the molecule is CC(Cn1ccnc1)NC(=O)c1cccc(CN2CCCC2=O)c1. The third-order valence-electron chi connectivity index (χ3n) is 4.16. The first-order valence-corrected chi connectivity index (χ1v) is 8.25. The Balaban J connectivity index is 1.60. The number of likely N-dealkylation sites (tertiary alicyclic amines) is 1. The lowest BCUT2D eigenvalue weighted by molar-refractivity contribution is -0.128. The molecule has 6 nitrogen and oxygen atoms in total. The Bertz CT molecular complexity index is 712. The number of rotatable bonds is 6. The van der Waals surface area contributed by atoms with Gasteiger partial charge in [-0.05, 0) is 31.0 Å². The van der Waals surface area contributed by atoms with Gasteiger partial charge in [-0.3, -0.25) is 9.59 Å². The van der Waals surface area contributed by atoms with Crippen LogP contribution in [0.15, 0.2) is 43.0 Å². The molecule has 1 aromatic heterocycles. The van der Waals surface area contributed by atoms with Gasteiger partial charge < -0.3 is 14.8 Å². The van der Waals surface area contributed by atoms with E-state index in [0.717, 1.165) is 18.5 Å². The second-order valence-corrected chi connectivity index (χ2v) is 6.25. The molecule has 2 heterocycles. The summed E-state index contributed by atoms with van der Waals surface area (Å²) in [7, 11) is 0. The van der Waals surface area contributed by atoms with Crippen molar-refractivity contribution in [2.75, 3.05) is 6.54 Å². The van der Waals surface area contributed by atoms with Crippen molar-refractivity contribution in [3.63, 3.8) is 0 Å². The van der Waals surface area contributed by atoms with Gasteiger partial charge in [0.1, 0.15) is 0 Å². The van der Waals surface area contributed by atoms with Crippen LogP contribution in [-0.2, 0) is 17.9 Å². The lowest BCUT2D eigenvalue weighted by atomic mass is 10.1. The summed E-state index contributed by atoms with van der Waals surface area (Å²) in [5.74, 6) is 0.0935. The Labute approximate surface area is 141 Å². The van der Waals surface area contributed by atoms with Crippen molar-refractivity contribution in [2.24, 2.45) is 0 Å². The van der Waals surface area contributed by atoms with E-state index in [1.165, 1.54) is 0 Å². The Morgan fingerprint density at radius 2 is 2.29 bits per heavy atom. The quantitative estimate of drug-likeness (QED) is 0.880. The minimum atomic E-state index is -0.0998. The van der Waals surface area contributed by atoms with Gasteiger partial charge in [-0.15, -0.1) is 0 Å². The zero-order valence-electron chi connectivity index (χ0n) is 13.8. The first-order valence-electron chi connectivity index (χ1n) is 8.25. The van der Waals surface area contributed by atoms with Gasteiger partial charge in [0.2, 0.25) is 5.91 Å². The van der Waals surface area contributed by atoms with E-state index in [-0.39, 0.29) is 17.9 Å². The van der Waals surface area contributed by atoms with Crippen molar-refractivity contribution >= 4 is 11.8 Å². The number of imidazole rings is 1. The van der Waals surface area contributed by atoms with Crippen molar-refractivity contribution in [2.45, 2.75) is 38.9 Å². The zero-order chi connectivity index (χ0) is 16.9. The smallest absolute Gasteiger partial charge is 0.251 e. The monoisotopic (exact) mass is 326 g/mol. The number of hydrogen-bond acceptors (Lipinski definition) is 3. The van der Waals surface area contributed by atoms with Crippen LogP contribution in [0.4, 0.5) is 0 Å². The minimum Gasteiger partial charge on any atom is -0.348 e. The lowest BCUT2D eigenvalue weighted by Crippen LogP contribution is -2.35. The molecule has 3 rings (SSSR count). The van der Waals surface area contributed by atoms with E-state index in [1.807, 2.05) is 40.8 Å². The molecule has 1 fully saturated rings. The van der Waals surface area contributed by atoms with E-state index in [0.29, 0.717) is 25.1 Å². The molecule has 2 amide bonds. The van der Waals surface area contributed by atoms with E-state index in [4.69, 9.17) is 0 Å². The normalized spacial score (nSPS) is 15.5. The maximum absolute atomic E-state index is 12.4. The summed E-state index contributed by atoms with van der Waals surface area (Å²) in [5, 5.41) is 3.00. The van der Waals surface area contributed by atoms with Crippen LogP contribution in [0.25, 0.3) is 0 Å². The standard InChI is InChI=1S/C18H22N4O2/c1-14(11-21-9-7-19-13-21)20-18(24)16-5-2-4-15(10-16)12-22-8-3-6-17(22)23/h2,4-5,7,9-10,13-14H,3,6,8,11-12H2,1H3,(H,20,24). The summed E-state index contributed by atoms with van der Waals surface area (Å²) in [5.41, 5.74) is 1.61. The first-order chi connectivity index (χ1) is 11.6. The summed E-state index contributed by atoms with van der Waals surface area (Å²) in [4.78, 5) is 30.0. The van der Waals surface area contributed by atoms with Crippen LogP contribution in [-0.4, -0.2) is 38.9 Å². The molecule has 1 unspecified atom stereocenters. The molecule has 6 heteroatoms. The van der Waals surface area contributed by atoms with Crippen LogP contribution in [0.3, 0.4) is 0 Å². The van der Waals surface area contributed by atoms with E-state index in [2.05, 4.69) is 10.3 Å². The Morgan fingerprint density at radius 1 is 1.42 bits per heavy atom. The summed E-state index contributed by atoms with van der Waals surface area (Å²) in [6.45, 7) is 4.01. The van der Waals surface area contributed by atoms with Gasteiger partial charge in [0.05, 0.1) is 6.33 Å². The molecular formula is C18H22N4O2. The lowest BCUT2D eigenvalue weighted by Gasteiger charge is -2.17. The second-order valence-electron chi connectivity index (χ2n) is 6.25. The molecule has 0 radical (unpaired) electrons. The number of carbonyl (C=O) groups is 2. The number of carbonyl (C=O) groups excluding carboxylic acids is 2. The highest BCUT2D eigenvalue weighted by Crippen LogP contribution is 2.15. The van der Waals surface area contributed by atoms with E-state index in [1.54, 1.807) is 18.6 Å². The molecule has 0 bridgehead atoms. The predicted molar refractivity (Wildman–Crippen MR) is 90.2 cm³/mol. The number of aromatic nitrogens is 2. The van der Waals surface area contributed by atoms with Crippen molar-refractivity contribution in [3.8, 4) is 0 Å². The Hall–Kier alpha value is -2.63. The van der Waals surface area contributed by atoms with Gasteiger partial charge in [-0.25, -0.2) is 4.98 Å². The fourth-order valence-electron chi connectivity index (χ4n) is 2.97. The largest absolute Gasteiger partial charge is 0.348 e. The van der Waals surface area contributed by atoms with E-state index < -0.39 is 0 Å². The molecule has 1 aromatic carbocycles. The third kappa shape index (κ3) is 4.01. The fraction of sp³-hybridized carbons (Fsp3) is 0.389. The molecule has 0 aliphatic carbocycles. The van der Waals surface area contributed by atoms with E-state index >= 15 is 0 Å². The Morgan fingerprint density at radius 3 is 3.00 bits per heavy atom. The zero-order valence-corrected chi connectivity index (χ0v) is 13.8. The number of hydrogen-bond donors (Lipinski definition) is 1. The molecule has 1 N–H and O–H groups in total. The predicted octanol–water partition coefficient (Wildman–Crippen LogP) is 1.82. The summed E-state index contributed by atoms with van der Waals surface area (Å²) < 4.78 is 1.93. The number of nitrogens with zero attached hydrogens (tertiary/aromatic N) is 3. The second kappa shape index (κ2) is 7.29. The molecule has 0 saturated carbocycles. The van der Waals surface area contributed by atoms with Crippen LogP contribution in [0.2, 0.25) is 0 Å². The van der Waals surface area contributed by atoms with Crippen molar-refractivity contribution in [1.82, 2.24) is 19.8 Å². The van der Waals surface area contributed by atoms with Crippen LogP contribution in [0.5, 0.6) is 0 Å². The summed E-state index contributed by atoms with van der Waals surface area (Å²) in [6, 6.07) is 7.48. The molecule has 2 aromatic rings. The van der Waals surface area contributed by atoms with Gasteiger partial charge in [-0.2, -0.15) is 0 Å². The van der Waals surface area contributed by atoms with Gasteiger partial charge in [-0.1, -0.05) is 12.1 Å². The van der Waals surface area contributed by atoms with Crippen LogP contribution < -0.4 is 5.32 Å². The third-order valence-corrected chi connectivity index (χ3v) is 4.16. The van der Waals surface area contributed by atoms with Gasteiger partial charge >= 0.3 is 0 Å². The highest BCUT2D eigenvalue weighted by atomic mass is 16.2. The Kier molecular flexibility index (Phi) is 4.93. The van der Waals surface area contributed by atoms with Crippen molar-refractivity contribution < 1.29 is 9.59 Å². The highest BCUT2D eigenvalue weighted by Gasteiger charge is 2.20. The molecular weight excluding hydrogens is 304 g/mol. The average molecular weight is 326 g/mol. The average Bonchev–Trinajstić information content (AvgIpc) is 3.20. The van der Waals surface area contributed by atoms with Crippen molar-refractivity contribution in [1.29, 1.82) is 0 Å². The molecule has 126 valence electrons.